The zero-order chi connectivity index (χ0) is 11.7. The molecule has 17 heavy (non-hydrogen) atoms. The number of benzene rings is 2. The minimum absolute atomic E-state index is 0.914. The van der Waals surface area contributed by atoms with Crippen LogP contribution in [-0.2, 0) is 12.8 Å². The van der Waals surface area contributed by atoms with Crippen molar-refractivity contribution in [1.82, 2.24) is 0 Å². The van der Waals surface area contributed by atoms with E-state index in [1.807, 2.05) is 6.07 Å². The second kappa shape index (κ2) is 4.25. The first kappa shape index (κ1) is 10.4. The third kappa shape index (κ3) is 1.82. The van der Waals surface area contributed by atoms with Crippen molar-refractivity contribution in [3.8, 4) is 11.1 Å². The minimum Gasteiger partial charge on any atom is -0.398 e. The zero-order valence-electron chi connectivity index (χ0n) is 9.95. The summed E-state index contributed by atoms with van der Waals surface area (Å²) in [5.74, 6) is 0. The molecule has 2 N–H and O–H groups in total. The molecule has 3 rings (SSSR count). The van der Waals surface area contributed by atoms with Crippen molar-refractivity contribution >= 4 is 5.69 Å². The summed E-state index contributed by atoms with van der Waals surface area (Å²) >= 11 is 0. The summed E-state index contributed by atoms with van der Waals surface area (Å²) in [6, 6.07) is 15.0. The van der Waals surface area contributed by atoms with E-state index in [9.17, 15) is 0 Å². The molecule has 0 radical (unpaired) electrons. The van der Waals surface area contributed by atoms with E-state index in [-0.39, 0.29) is 0 Å². The van der Waals surface area contributed by atoms with Crippen LogP contribution in [0.5, 0.6) is 0 Å². The number of nitrogen functional groups attached to an aromatic ring is 1. The number of hydrogen-bond donors (Lipinski definition) is 1. The van der Waals surface area contributed by atoms with Crippen LogP contribution < -0.4 is 5.73 Å². The summed E-state index contributed by atoms with van der Waals surface area (Å²) in [5.41, 5.74) is 12.5. The summed E-state index contributed by atoms with van der Waals surface area (Å²) in [5, 5.41) is 0. The summed E-state index contributed by atoms with van der Waals surface area (Å²) in [6.07, 6.45) is 4.84. The van der Waals surface area contributed by atoms with Gasteiger partial charge >= 0.3 is 0 Å². The maximum absolute atomic E-state index is 6.18. The lowest BCUT2D eigenvalue weighted by Crippen LogP contribution is -2.02. The normalized spacial score (nSPS) is 14.4. The van der Waals surface area contributed by atoms with Gasteiger partial charge in [-0.1, -0.05) is 36.4 Å². The molecule has 0 aliphatic heterocycles. The predicted octanol–water partition coefficient (Wildman–Crippen LogP) is 3.81. The van der Waals surface area contributed by atoms with Gasteiger partial charge in [-0.05, 0) is 48.4 Å². The fraction of sp³-hybridized carbons (Fsp3) is 0.250. The van der Waals surface area contributed by atoms with Gasteiger partial charge in [0.1, 0.15) is 0 Å². The van der Waals surface area contributed by atoms with Crippen LogP contribution in [0.4, 0.5) is 5.69 Å². The Morgan fingerprint density at radius 1 is 0.765 bits per heavy atom. The first-order valence-corrected chi connectivity index (χ1v) is 6.32. The van der Waals surface area contributed by atoms with Crippen LogP contribution in [0.1, 0.15) is 24.0 Å². The molecule has 0 saturated carbocycles. The number of aryl methyl sites for hydroxylation is 2. The van der Waals surface area contributed by atoms with Crippen LogP contribution in [0.15, 0.2) is 42.5 Å². The van der Waals surface area contributed by atoms with Crippen LogP contribution in [0.3, 0.4) is 0 Å². The van der Waals surface area contributed by atoms with Crippen molar-refractivity contribution in [2.75, 3.05) is 5.73 Å². The molecule has 0 bridgehead atoms. The van der Waals surface area contributed by atoms with Crippen molar-refractivity contribution < 1.29 is 0 Å². The summed E-state index contributed by atoms with van der Waals surface area (Å²) in [7, 11) is 0. The third-order valence-electron chi connectivity index (χ3n) is 3.61. The van der Waals surface area contributed by atoms with E-state index in [4.69, 9.17) is 5.73 Å². The predicted molar refractivity (Wildman–Crippen MR) is 72.9 cm³/mol. The fourth-order valence-corrected chi connectivity index (χ4v) is 2.77. The Morgan fingerprint density at radius 3 is 2.35 bits per heavy atom. The third-order valence-corrected chi connectivity index (χ3v) is 3.61. The van der Waals surface area contributed by atoms with E-state index >= 15 is 0 Å². The molecule has 0 aromatic heterocycles. The van der Waals surface area contributed by atoms with Gasteiger partial charge in [-0.3, -0.25) is 0 Å². The highest BCUT2D eigenvalue weighted by Gasteiger charge is 2.14. The lowest BCUT2D eigenvalue weighted by molar-refractivity contribution is 0.729. The first-order valence-electron chi connectivity index (χ1n) is 6.32. The maximum Gasteiger partial charge on any atom is 0.0396 e. The second-order valence-corrected chi connectivity index (χ2v) is 4.75. The van der Waals surface area contributed by atoms with Crippen LogP contribution in [0.2, 0.25) is 0 Å². The Morgan fingerprint density at radius 2 is 1.47 bits per heavy atom. The van der Waals surface area contributed by atoms with E-state index in [0.717, 1.165) is 12.1 Å². The van der Waals surface area contributed by atoms with Gasteiger partial charge in [0.25, 0.3) is 0 Å². The molecule has 0 fully saturated rings. The van der Waals surface area contributed by atoms with Crippen molar-refractivity contribution in [2.24, 2.45) is 0 Å². The minimum atomic E-state index is 0.914. The summed E-state index contributed by atoms with van der Waals surface area (Å²) in [6.45, 7) is 0. The van der Waals surface area contributed by atoms with Gasteiger partial charge < -0.3 is 5.73 Å². The molecule has 0 amide bonds. The van der Waals surface area contributed by atoms with E-state index in [1.165, 1.54) is 41.5 Å². The Labute approximate surface area is 102 Å². The molecule has 0 spiro atoms. The monoisotopic (exact) mass is 223 g/mol. The van der Waals surface area contributed by atoms with Gasteiger partial charge in [0.2, 0.25) is 0 Å². The SMILES string of the molecule is Nc1cccc2c1-c1ccccc1CCCC2. The number of nitrogens with two attached hydrogens (primary N) is 1. The molecule has 0 saturated heterocycles. The van der Waals surface area contributed by atoms with Crippen molar-refractivity contribution in [3.63, 3.8) is 0 Å². The Kier molecular flexibility index (Phi) is 2.60. The Balaban J connectivity index is 2.28. The molecule has 86 valence electrons. The van der Waals surface area contributed by atoms with E-state index in [1.54, 1.807) is 0 Å². The topological polar surface area (TPSA) is 26.0 Å². The molecular formula is C16H17N. The molecular weight excluding hydrogens is 206 g/mol. The standard InChI is InChI=1S/C16H17N/c17-15-11-5-9-13-8-2-1-6-12-7-3-4-10-14(12)16(13)15/h3-5,7,9-11H,1-2,6,8,17H2. The lowest BCUT2D eigenvalue weighted by atomic mass is 9.87. The molecule has 1 nitrogen and oxygen atoms in total. The van der Waals surface area contributed by atoms with Crippen molar-refractivity contribution in [2.45, 2.75) is 25.7 Å². The van der Waals surface area contributed by atoms with Crippen LogP contribution in [0.25, 0.3) is 11.1 Å². The van der Waals surface area contributed by atoms with Gasteiger partial charge in [0.05, 0.1) is 0 Å². The highest BCUT2D eigenvalue weighted by molar-refractivity contribution is 5.81. The maximum atomic E-state index is 6.18. The highest BCUT2D eigenvalue weighted by Crippen LogP contribution is 2.35. The summed E-state index contributed by atoms with van der Waals surface area (Å²) in [4.78, 5) is 0. The number of rotatable bonds is 0. The van der Waals surface area contributed by atoms with Crippen LogP contribution in [-0.4, -0.2) is 0 Å². The molecule has 2 aromatic rings. The smallest absolute Gasteiger partial charge is 0.0396 e. The molecule has 1 aliphatic rings. The first-order chi connectivity index (χ1) is 8.36. The Bertz CT molecular complexity index is 543. The number of hydrogen-bond acceptors (Lipinski definition) is 1. The second-order valence-electron chi connectivity index (χ2n) is 4.75. The van der Waals surface area contributed by atoms with Crippen molar-refractivity contribution in [1.29, 1.82) is 0 Å². The van der Waals surface area contributed by atoms with Gasteiger partial charge in [-0.2, -0.15) is 0 Å². The molecule has 0 unspecified atom stereocenters. The van der Waals surface area contributed by atoms with Crippen molar-refractivity contribution in [3.05, 3.63) is 53.6 Å². The molecule has 0 atom stereocenters. The van der Waals surface area contributed by atoms with Crippen LogP contribution in [0, 0.1) is 0 Å². The largest absolute Gasteiger partial charge is 0.398 e. The average molecular weight is 223 g/mol. The molecule has 1 heteroatoms. The lowest BCUT2D eigenvalue weighted by Gasteiger charge is -2.19. The fourth-order valence-electron chi connectivity index (χ4n) is 2.77. The Hall–Kier alpha value is -1.76. The number of anilines is 1. The van der Waals surface area contributed by atoms with Gasteiger partial charge in [0.15, 0.2) is 0 Å². The quantitative estimate of drug-likeness (QED) is 0.675. The van der Waals surface area contributed by atoms with E-state index in [0.29, 0.717) is 0 Å². The van der Waals surface area contributed by atoms with Gasteiger partial charge in [-0.15, -0.1) is 0 Å². The molecule has 0 heterocycles. The average Bonchev–Trinajstić information content (AvgIpc) is 2.32. The van der Waals surface area contributed by atoms with Gasteiger partial charge in [0, 0.05) is 11.3 Å². The highest BCUT2D eigenvalue weighted by atomic mass is 14.6. The number of fused-ring (bicyclic) bond motifs is 3. The van der Waals surface area contributed by atoms with Gasteiger partial charge in [-0.25, -0.2) is 0 Å². The van der Waals surface area contributed by atoms with E-state index in [2.05, 4.69) is 36.4 Å². The molecule has 1 aliphatic carbocycles. The molecule has 2 aromatic carbocycles. The van der Waals surface area contributed by atoms with E-state index < -0.39 is 0 Å². The van der Waals surface area contributed by atoms with Crippen LogP contribution >= 0.6 is 0 Å². The zero-order valence-corrected chi connectivity index (χ0v) is 9.95. The summed E-state index contributed by atoms with van der Waals surface area (Å²) < 4.78 is 0.